The first-order valence-electron chi connectivity index (χ1n) is 10.7. The van der Waals surface area contributed by atoms with Gasteiger partial charge in [0.05, 0.1) is 6.10 Å². The quantitative estimate of drug-likeness (QED) is 0.690. The number of aliphatic imine (C=N–C) groups is 1. The molecule has 0 bridgehead atoms. The van der Waals surface area contributed by atoms with Crippen LogP contribution in [0, 0.1) is 23.7 Å². The summed E-state index contributed by atoms with van der Waals surface area (Å²) in [5, 5.41) is 0.793. The Morgan fingerprint density at radius 1 is 1.21 bits per heavy atom. The van der Waals surface area contributed by atoms with Crippen LogP contribution in [0.5, 0.6) is 0 Å². The normalized spacial score (nSPS) is 26.9. The smallest absolute Gasteiger partial charge is 0.257 e. The SMILES string of the molecule is COC1CCC(Cc2ccc(C#CC3CC3)cc2C2N=C(SC)N(C)C2=O)CC1. The van der Waals surface area contributed by atoms with Gasteiger partial charge in [0.25, 0.3) is 5.91 Å². The summed E-state index contributed by atoms with van der Waals surface area (Å²) in [6, 6.07) is 6.00. The van der Waals surface area contributed by atoms with Gasteiger partial charge in [0.1, 0.15) is 0 Å². The Morgan fingerprint density at radius 2 is 1.97 bits per heavy atom. The minimum Gasteiger partial charge on any atom is -0.381 e. The van der Waals surface area contributed by atoms with Crippen LogP contribution in [-0.2, 0) is 16.0 Å². The van der Waals surface area contributed by atoms with Gasteiger partial charge in [-0.05, 0) is 80.4 Å². The summed E-state index contributed by atoms with van der Waals surface area (Å²) in [4.78, 5) is 19.4. The number of likely N-dealkylation sites (N-methyl/N-ethyl adjacent to an activating group) is 1. The molecule has 1 unspecified atom stereocenters. The van der Waals surface area contributed by atoms with Gasteiger partial charge in [-0.3, -0.25) is 9.69 Å². The molecule has 154 valence electrons. The van der Waals surface area contributed by atoms with E-state index in [1.54, 1.807) is 4.90 Å². The summed E-state index contributed by atoms with van der Waals surface area (Å²) in [5.41, 5.74) is 3.30. The molecule has 2 saturated carbocycles. The third-order valence-electron chi connectivity index (χ3n) is 6.35. The second kappa shape index (κ2) is 8.93. The zero-order chi connectivity index (χ0) is 20.4. The van der Waals surface area contributed by atoms with E-state index in [2.05, 4.69) is 30.0 Å². The summed E-state index contributed by atoms with van der Waals surface area (Å²) in [7, 11) is 3.63. The number of carbonyl (C=O) groups is 1. The van der Waals surface area contributed by atoms with Crippen molar-refractivity contribution in [3.63, 3.8) is 0 Å². The first-order valence-corrected chi connectivity index (χ1v) is 11.9. The predicted molar refractivity (Wildman–Crippen MR) is 119 cm³/mol. The highest BCUT2D eigenvalue weighted by molar-refractivity contribution is 8.13. The number of carbonyl (C=O) groups excluding carboxylic acids is 1. The van der Waals surface area contributed by atoms with Crippen molar-refractivity contribution < 1.29 is 9.53 Å². The lowest BCUT2D eigenvalue weighted by molar-refractivity contribution is -0.126. The third-order valence-corrected chi connectivity index (χ3v) is 7.09. The molecular weight excluding hydrogens is 380 g/mol. The fraction of sp³-hybridized carbons (Fsp3) is 0.583. The van der Waals surface area contributed by atoms with Crippen LogP contribution in [0.25, 0.3) is 0 Å². The van der Waals surface area contributed by atoms with Crippen LogP contribution in [-0.4, -0.2) is 42.5 Å². The van der Waals surface area contributed by atoms with Gasteiger partial charge in [0.15, 0.2) is 11.2 Å². The molecule has 0 aromatic heterocycles. The van der Waals surface area contributed by atoms with Gasteiger partial charge in [-0.1, -0.05) is 29.7 Å². The minimum absolute atomic E-state index is 0.0611. The zero-order valence-electron chi connectivity index (χ0n) is 17.6. The van der Waals surface area contributed by atoms with Crippen LogP contribution < -0.4 is 0 Å². The number of rotatable bonds is 4. The first kappa shape index (κ1) is 20.5. The Balaban J connectivity index is 1.61. The average molecular weight is 411 g/mol. The Hall–Kier alpha value is -1.77. The summed E-state index contributed by atoms with van der Waals surface area (Å²) in [6.07, 6.45) is 10.4. The highest BCUT2D eigenvalue weighted by atomic mass is 32.2. The number of hydrogen-bond acceptors (Lipinski definition) is 4. The molecule has 1 aliphatic heterocycles. The van der Waals surface area contributed by atoms with Gasteiger partial charge >= 0.3 is 0 Å². The largest absolute Gasteiger partial charge is 0.381 e. The molecule has 3 aliphatic rings. The van der Waals surface area contributed by atoms with Crippen LogP contribution in [0.1, 0.15) is 61.3 Å². The van der Waals surface area contributed by atoms with E-state index >= 15 is 0 Å². The van der Waals surface area contributed by atoms with Crippen molar-refractivity contribution in [2.45, 2.75) is 57.1 Å². The van der Waals surface area contributed by atoms with E-state index in [4.69, 9.17) is 9.73 Å². The van der Waals surface area contributed by atoms with E-state index < -0.39 is 6.04 Å². The van der Waals surface area contributed by atoms with Crippen molar-refractivity contribution in [2.24, 2.45) is 16.8 Å². The maximum absolute atomic E-state index is 12.9. The second-order valence-corrected chi connectivity index (χ2v) is 9.23. The molecule has 0 radical (unpaired) electrons. The van der Waals surface area contributed by atoms with Gasteiger partial charge in [0, 0.05) is 25.6 Å². The van der Waals surface area contributed by atoms with Gasteiger partial charge in [-0.2, -0.15) is 0 Å². The predicted octanol–water partition coefficient (Wildman–Crippen LogP) is 4.43. The molecule has 29 heavy (non-hydrogen) atoms. The Kier molecular flexibility index (Phi) is 6.32. The Morgan fingerprint density at radius 3 is 2.59 bits per heavy atom. The van der Waals surface area contributed by atoms with Crippen LogP contribution in [0.2, 0.25) is 0 Å². The first-order chi connectivity index (χ1) is 14.1. The summed E-state index contributed by atoms with van der Waals surface area (Å²) >= 11 is 1.53. The zero-order valence-corrected chi connectivity index (χ0v) is 18.4. The van der Waals surface area contributed by atoms with Crippen molar-refractivity contribution >= 4 is 22.8 Å². The molecule has 4 rings (SSSR count). The molecule has 4 nitrogen and oxygen atoms in total. The molecular formula is C24H30N2O2S. The summed E-state index contributed by atoms with van der Waals surface area (Å²) < 4.78 is 5.53. The fourth-order valence-electron chi connectivity index (χ4n) is 4.33. The second-order valence-electron chi connectivity index (χ2n) is 8.46. The van der Waals surface area contributed by atoms with E-state index in [1.807, 2.05) is 20.4 Å². The number of ether oxygens (including phenoxy) is 1. The lowest BCUT2D eigenvalue weighted by atomic mass is 9.81. The van der Waals surface area contributed by atoms with Crippen LogP contribution in [0.15, 0.2) is 23.2 Å². The minimum atomic E-state index is -0.435. The lowest BCUT2D eigenvalue weighted by Gasteiger charge is -2.28. The van der Waals surface area contributed by atoms with Crippen molar-refractivity contribution in [2.75, 3.05) is 20.4 Å². The number of methoxy groups -OCH3 is 1. The van der Waals surface area contributed by atoms with E-state index in [-0.39, 0.29) is 5.91 Å². The van der Waals surface area contributed by atoms with Crippen LogP contribution in [0.3, 0.4) is 0 Å². The van der Waals surface area contributed by atoms with E-state index in [0.29, 0.717) is 17.9 Å². The molecule has 0 saturated heterocycles. The third kappa shape index (κ3) is 4.70. The molecule has 1 aromatic carbocycles. The number of hydrogen-bond donors (Lipinski definition) is 0. The van der Waals surface area contributed by atoms with Crippen molar-refractivity contribution in [3.05, 3.63) is 34.9 Å². The molecule has 2 aliphatic carbocycles. The monoisotopic (exact) mass is 410 g/mol. The van der Waals surface area contributed by atoms with Gasteiger partial charge in [0.2, 0.25) is 0 Å². The van der Waals surface area contributed by atoms with E-state index in [1.165, 1.54) is 43.0 Å². The van der Waals surface area contributed by atoms with E-state index in [0.717, 1.165) is 35.6 Å². The molecule has 0 N–H and O–H groups in total. The number of benzene rings is 1. The maximum Gasteiger partial charge on any atom is 0.257 e. The maximum atomic E-state index is 12.9. The molecule has 1 heterocycles. The molecule has 1 atom stereocenters. The molecule has 1 aromatic rings. The Labute approximate surface area is 178 Å². The number of nitrogens with zero attached hydrogens (tertiary/aromatic N) is 2. The summed E-state index contributed by atoms with van der Waals surface area (Å²) in [6.45, 7) is 0. The van der Waals surface area contributed by atoms with Crippen LogP contribution in [0.4, 0.5) is 0 Å². The molecule has 2 fully saturated rings. The number of amides is 1. The van der Waals surface area contributed by atoms with Gasteiger partial charge < -0.3 is 4.74 Å². The van der Waals surface area contributed by atoms with Gasteiger partial charge in [-0.15, -0.1) is 0 Å². The highest BCUT2D eigenvalue weighted by Gasteiger charge is 2.34. The van der Waals surface area contributed by atoms with E-state index in [9.17, 15) is 4.79 Å². The number of thioether (sulfide) groups is 1. The molecule has 1 amide bonds. The molecule has 0 spiro atoms. The average Bonchev–Trinajstić information content (AvgIpc) is 3.54. The lowest BCUT2D eigenvalue weighted by Crippen LogP contribution is -2.27. The van der Waals surface area contributed by atoms with Gasteiger partial charge in [-0.25, -0.2) is 4.99 Å². The fourth-order valence-corrected chi connectivity index (χ4v) is 4.91. The molecule has 5 heteroatoms. The topological polar surface area (TPSA) is 41.9 Å². The highest BCUT2D eigenvalue weighted by Crippen LogP contribution is 2.35. The van der Waals surface area contributed by atoms with Crippen molar-refractivity contribution in [3.8, 4) is 11.8 Å². The standard InChI is InChI=1S/C24H30N2O2S/c1-26-23(27)22(25-24(26)29-3)21-15-18(7-6-16-4-5-16)8-11-19(21)14-17-9-12-20(28-2)13-10-17/h8,11,15-17,20,22H,4-5,9-10,12-14H2,1-3H3. The van der Waals surface area contributed by atoms with Crippen molar-refractivity contribution in [1.82, 2.24) is 4.90 Å². The number of amidine groups is 1. The Bertz CT molecular complexity index is 857. The summed E-state index contributed by atoms with van der Waals surface area (Å²) in [5.74, 6) is 7.93. The van der Waals surface area contributed by atoms with Crippen molar-refractivity contribution in [1.29, 1.82) is 0 Å². The van der Waals surface area contributed by atoms with Crippen LogP contribution >= 0.6 is 11.8 Å².